The summed E-state index contributed by atoms with van der Waals surface area (Å²) in [5.41, 5.74) is -0.190. The fourth-order valence-electron chi connectivity index (χ4n) is 8.25. The first-order valence-electron chi connectivity index (χ1n) is 12.9. The van der Waals surface area contributed by atoms with Crippen molar-refractivity contribution in [2.75, 3.05) is 33.7 Å². The summed E-state index contributed by atoms with van der Waals surface area (Å²) in [6.07, 6.45) is 10.4. The highest BCUT2D eigenvalue weighted by Gasteiger charge is 2.69. The van der Waals surface area contributed by atoms with Gasteiger partial charge in [-0.1, -0.05) is 31.6 Å². The number of rotatable bonds is 4. The molecule has 0 aromatic carbocycles. The minimum Gasteiger partial charge on any atom is -0.487 e. The van der Waals surface area contributed by atoms with Gasteiger partial charge < -0.3 is 24.7 Å². The molecule has 3 heterocycles. The molecule has 6 rings (SSSR count). The molecule has 2 saturated heterocycles. The number of ether oxygens (including phenoxy) is 1. The van der Waals surface area contributed by atoms with Gasteiger partial charge in [-0.25, -0.2) is 0 Å². The fourth-order valence-corrected chi connectivity index (χ4v) is 8.25. The van der Waals surface area contributed by atoms with Crippen LogP contribution in [-0.4, -0.2) is 83.4 Å². The average Bonchev–Trinajstić information content (AvgIpc) is 3.17. The number of carbonyl (C=O) groups is 1. The molecule has 3 aliphatic carbocycles. The maximum atomic E-state index is 14.4. The number of ketones is 1. The van der Waals surface area contributed by atoms with Crippen molar-refractivity contribution in [3.05, 3.63) is 35.1 Å². The Bertz CT molecular complexity index is 961. The summed E-state index contributed by atoms with van der Waals surface area (Å²) in [4.78, 5) is 19.1. The lowest BCUT2D eigenvalue weighted by Gasteiger charge is -2.58. The van der Waals surface area contributed by atoms with Crippen LogP contribution in [0.15, 0.2) is 35.1 Å². The number of aliphatic hydroxyl groups is 2. The Kier molecular flexibility index (Phi) is 4.85. The van der Waals surface area contributed by atoms with E-state index in [9.17, 15) is 15.0 Å². The molecule has 1 saturated carbocycles. The number of hydrogen-bond acceptors (Lipinski definition) is 6. The largest absolute Gasteiger partial charge is 0.487 e. The predicted octanol–water partition coefficient (Wildman–Crippen LogP) is 2.42. The van der Waals surface area contributed by atoms with E-state index in [1.165, 1.54) is 5.57 Å². The summed E-state index contributed by atoms with van der Waals surface area (Å²) >= 11 is 0. The van der Waals surface area contributed by atoms with Crippen molar-refractivity contribution in [2.24, 2.45) is 16.7 Å². The van der Waals surface area contributed by atoms with Crippen molar-refractivity contribution in [1.29, 1.82) is 0 Å². The molecule has 0 amide bonds. The molecule has 6 heteroatoms. The fraction of sp³-hybridized carbons (Fsp3) is 0.741. The first-order valence-corrected chi connectivity index (χ1v) is 12.9. The van der Waals surface area contributed by atoms with E-state index in [1.54, 1.807) is 0 Å². The van der Waals surface area contributed by atoms with E-state index in [0.29, 0.717) is 11.8 Å². The van der Waals surface area contributed by atoms with Gasteiger partial charge in [0.05, 0.1) is 0 Å². The maximum Gasteiger partial charge on any atom is 0.184 e. The van der Waals surface area contributed by atoms with Gasteiger partial charge in [-0.2, -0.15) is 0 Å². The quantitative estimate of drug-likeness (QED) is 0.636. The van der Waals surface area contributed by atoms with Gasteiger partial charge in [0.1, 0.15) is 18.0 Å². The highest BCUT2D eigenvalue weighted by atomic mass is 16.5. The topological polar surface area (TPSA) is 73.2 Å². The monoisotopic (exact) mass is 454 g/mol. The molecular formula is C27H38N2O4. The van der Waals surface area contributed by atoms with E-state index in [-0.39, 0.29) is 23.5 Å². The van der Waals surface area contributed by atoms with Crippen LogP contribution in [0.3, 0.4) is 0 Å². The van der Waals surface area contributed by atoms with Gasteiger partial charge in [0.2, 0.25) is 0 Å². The standard InChI is InChI=1S/C27H38N2O4/c1-4-8-25(10-13-28(2)14-11-25)24(31)27(32)9-7-17-16-19-18-5-6-20(30)22-26(18,12-15-29(19)3)21(17)23(27)33-22/h5-7,18-20,22,30,32H,4,8-16H2,1-3H3/t18-,19+,20-,22-,26-,27?/m0/s1. The molecule has 2 bridgehead atoms. The third-order valence-electron chi connectivity index (χ3n) is 10.0. The smallest absolute Gasteiger partial charge is 0.184 e. The lowest BCUT2D eigenvalue weighted by atomic mass is 9.50. The number of carbonyl (C=O) groups excluding carboxylic acids is 1. The normalized spacial score (nSPS) is 43.7. The van der Waals surface area contributed by atoms with E-state index in [2.05, 4.69) is 43.0 Å². The average molecular weight is 455 g/mol. The molecule has 2 N–H and O–H groups in total. The summed E-state index contributed by atoms with van der Waals surface area (Å²) in [6, 6.07) is 0.366. The van der Waals surface area contributed by atoms with E-state index < -0.39 is 23.2 Å². The van der Waals surface area contributed by atoms with Gasteiger partial charge in [-0.05, 0) is 71.4 Å². The van der Waals surface area contributed by atoms with Crippen molar-refractivity contribution in [3.8, 4) is 0 Å². The van der Waals surface area contributed by atoms with Crippen molar-refractivity contribution in [3.63, 3.8) is 0 Å². The number of piperidine rings is 2. The number of nitrogens with zero attached hydrogens (tertiary/aromatic N) is 2. The minimum atomic E-state index is -1.63. The zero-order chi connectivity index (χ0) is 23.2. The summed E-state index contributed by atoms with van der Waals surface area (Å²) in [7, 11) is 4.29. The molecule has 180 valence electrons. The lowest BCUT2D eigenvalue weighted by Crippen LogP contribution is -2.62. The van der Waals surface area contributed by atoms with Crippen molar-refractivity contribution in [2.45, 2.75) is 75.7 Å². The lowest BCUT2D eigenvalue weighted by molar-refractivity contribution is -0.154. The van der Waals surface area contributed by atoms with E-state index >= 15 is 0 Å². The summed E-state index contributed by atoms with van der Waals surface area (Å²) < 4.78 is 6.58. The van der Waals surface area contributed by atoms with Gasteiger partial charge in [-0.15, -0.1) is 0 Å². The number of aliphatic hydroxyl groups excluding tert-OH is 1. The SMILES string of the molecule is CCCC1(C(=O)C2(O)CC=C3C[C@@H]4[C@@H]5C=C[C@H](O)[C@@H]6OC2=C3[C@]56CCN4C)CCN(C)CC1. The molecule has 3 aliphatic heterocycles. The van der Waals surface area contributed by atoms with E-state index in [0.717, 1.165) is 63.7 Å². The van der Waals surface area contributed by atoms with Crippen LogP contribution in [-0.2, 0) is 9.53 Å². The Morgan fingerprint density at radius 3 is 2.67 bits per heavy atom. The van der Waals surface area contributed by atoms with Gasteiger partial charge in [0.15, 0.2) is 11.4 Å². The first kappa shape index (κ1) is 22.0. The minimum absolute atomic E-state index is 0.0492. The van der Waals surface area contributed by atoms with Crippen LogP contribution >= 0.6 is 0 Å². The number of Topliss-reactive ketones (excluding diaryl/α,β-unsaturated/α-hetero) is 1. The van der Waals surface area contributed by atoms with Crippen LogP contribution in [0.4, 0.5) is 0 Å². The molecule has 0 aromatic heterocycles. The Hall–Kier alpha value is -1.47. The van der Waals surface area contributed by atoms with Crippen LogP contribution in [0.25, 0.3) is 0 Å². The molecule has 1 unspecified atom stereocenters. The molecule has 6 nitrogen and oxygen atoms in total. The van der Waals surface area contributed by atoms with Gasteiger partial charge in [0.25, 0.3) is 0 Å². The second kappa shape index (κ2) is 7.27. The number of hydrogen-bond donors (Lipinski definition) is 2. The Morgan fingerprint density at radius 1 is 1.18 bits per heavy atom. The highest BCUT2D eigenvalue weighted by molar-refractivity contribution is 5.96. The summed E-state index contributed by atoms with van der Waals surface area (Å²) in [6.45, 7) is 4.82. The third-order valence-corrected chi connectivity index (χ3v) is 10.0. The first-order chi connectivity index (χ1) is 15.8. The molecule has 0 radical (unpaired) electrons. The van der Waals surface area contributed by atoms with E-state index in [4.69, 9.17) is 4.74 Å². The van der Waals surface area contributed by atoms with Crippen molar-refractivity contribution >= 4 is 5.78 Å². The zero-order valence-corrected chi connectivity index (χ0v) is 20.2. The highest BCUT2D eigenvalue weighted by Crippen LogP contribution is 2.66. The summed E-state index contributed by atoms with van der Waals surface area (Å²) in [5.74, 6) is 0.673. The Balaban J connectivity index is 1.47. The molecule has 0 aromatic rings. The van der Waals surface area contributed by atoms with Gasteiger partial charge in [-0.3, -0.25) is 4.79 Å². The van der Waals surface area contributed by atoms with Crippen molar-refractivity contribution < 1.29 is 19.7 Å². The Labute approximate surface area is 197 Å². The number of likely N-dealkylation sites (tertiary alicyclic amines) is 2. The molecule has 6 atom stereocenters. The maximum absolute atomic E-state index is 14.4. The van der Waals surface area contributed by atoms with Crippen LogP contribution in [0.2, 0.25) is 0 Å². The van der Waals surface area contributed by atoms with Crippen LogP contribution in [0.5, 0.6) is 0 Å². The summed E-state index contributed by atoms with van der Waals surface area (Å²) in [5, 5.41) is 23.2. The molecular weight excluding hydrogens is 416 g/mol. The van der Waals surface area contributed by atoms with E-state index in [1.807, 2.05) is 6.08 Å². The molecule has 33 heavy (non-hydrogen) atoms. The zero-order valence-electron chi connectivity index (χ0n) is 20.2. The second-order valence-corrected chi connectivity index (χ2v) is 11.6. The van der Waals surface area contributed by atoms with Crippen LogP contribution < -0.4 is 0 Å². The third kappa shape index (κ3) is 2.72. The molecule has 6 aliphatic rings. The van der Waals surface area contributed by atoms with Crippen molar-refractivity contribution in [1.82, 2.24) is 9.80 Å². The molecule has 3 fully saturated rings. The Morgan fingerprint density at radius 2 is 1.94 bits per heavy atom. The van der Waals surface area contributed by atoms with Crippen LogP contribution in [0.1, 0.15) is 51.9 Å². The predicted molar refractivity (Wildman–Crippen MR) is 125 cm³/mol. The van der Waals surface area contributed by atoms with Gasteiger partial charge in [0, 0.05) is 34.8 Å². The van der Waals surface area contributed by atoms with Crippen LogP contribution in [0, 0.1) is 16.7 Å². The second-order valence-electron chi connectivity index (χ2n) is 11.6. The molecule has 1 spiro atoms. The van der Waals surface area contributed by atoms with Gasteiger partial charge >= 0.3 is 0 Å².